The van der Waals surface area contributed by atoms with Gasteiger partial charge >= 0.3 is 5.97 Å². The van der Waals surface area contributed by atoms with Crippen LogP contribution in [0.1, 0.15) is 53.6 Å². The third-order valence-corrected chi connectivity index (χ3v) is 3.83. The van der Waals surface area contributed by atoms with Gasteiger partial charge in [0.1, 0.15) is 0 Å². The number of para-hydroxylation sites is 1. The van der Waals surface area contributed by atoms with Crippen molar-refractivity contribution in [1.29, 1.82) is 0 Å². The van der Waals surface area contributed by atoms with Crippen LogP contribution >= 0.6 is 0 Å². The topological polar surface area (TPSA) is 81.5 Å². The molecule has 0 bridgehead atoms. The second kappa shape index (κ2) is 7.34. The zero-order chi connectivity index (χ0) is 17.8. The van der Waals surface area contributed by atoms with Crippen molar-refractivity contribution in [3.05, 3.63) is 47.0 Å². The van der Waals surface area contributed by atoms with Gasteiger partial charge in [-0.15, -0.1) is 0 Å². The van der Waals surface area contributed by atoms with E-state index in [9.17, 15) is 9.90 Å². The molecule has 6 nitrogen and oxygen atoms in total. The van der Waals surface area contributed by atoms with Crippen LogP contribution in [-0.2, 0) is 0 Å². The molecule has 0 spiro atoms. The van der Waals surface area contributed by atoms with Crippen molar-refractivity contribution in [3.63, 3.8) is 0 Å². The first-order chi connectivity index (χ1) is 12.1. The number of carboxylic acid groups (broad SMARTS) is 1. The molecule has 0 fully saturated rings. The number of nitrogens with zero attached hydrogens (tertiary/aromatic N) is 2. The van der Waals surface area contributed by atoms with Crippen LogP contribution in [0.2, 0.25) is 0 Å². The molecule has 1 N–H and O–H groups in total. The van der Waals surface area contributed by atoms with Crippen molar-refractivity contribution in [3.8, 4) is 11.5 Å². The molecule has 2 heterocycles. The highest BCUT2D eigenvalue weighted by Gasteiger charge is 2.16. The third kappa shape index (κ3) is 3.79. The lowest BCUT2D eigenvalue weighted by Gasteiger charge is -2.10. The Balaban J connectivity index is 1.93. The van der Waals surface area contributed by atoms with Crippen LogP contribution in [0.5, 0.6) is 11.5 Å². The molecule has 0 unspecified atom stereocenters. The summed E-state index contributed by atoms with van der Waals surface area (Å²) >= 11 is 0. The van der Waals surface area contributed by atoms with E-state index < -0.39 is 5.97 Å². The summed E-state index contributed by atoms with van der Waals surface area (Å²) in [6, 6.07) is 5.72. The largest absolute Gasteiger partial charge is 0.490 e. The van der Waals surface area contributed by atoms with Crippen molar-refractivity contribution in [2.75, 3.05) is 13.2 Å². The zero-order valence-corrected chi connectivity index (χ0v) is 14.2. The predicted molar refractivity (Wildman–Crippen MR) is 94.1 cm³/mol. The Morgan fingerprint density at radius 2 is 2.04 bits per heavy atom. The first-order valence-corrected chi connectivity index (χ1v) is 8.23. The maximum absolute atomic E-state index is 11.3. The summed E-state index contributed by atoms with van der Waals surface area (Å²) in [5, 5.41) is 9.24. The van der Waals surface area contributed by atoms with Crippen molar-refractivity contribution in [1.82, 2.24) is 9.97 Å². The Kier molecular flexibility index (Phi) is 4.97. The van der Waals surface area contributed by atoms with Crippen LogP contribution in [0.3, 0.4) is 0 Å². The van der Waals surface area contributed by atoms with Gasteiger partial charge in [0.05, 0.1) is 24.5 Å². The molecule has 1 aliphatic rings. The molecule has 0 aliphatic carbocycles. The average molecular weight is 340 g/mol. The zero-order valence-electron chi connectivity index (χ0n) is 14.2. The highest BCUT2D eigenvalue weighted by molar-refractivity contribution is 5.88. The van der Waals surface area contributed by atoms with Gasteiger partial charge in [-0.2, -0.15) is 0 Å². The summed E-state index contributed by atoms with van der Waals surface area (Å²) in [6.45, 7) is 5.06. The molecule has 130 valence electrons. The molecule has 1 aliphatic heterocycles. The van der Waals surface area contributed by atoms with E-state index in [4.69, 9.17) is 9.47 Å². The van der Waals surface area contributed by atoms with Gasteiger partial charge in [-0.25, -0.2) is 14.8 Å². The average Bonchev–Trinajstić information content (AvgIpc) is 2.85. The molecule has 0 amide bonds. The fraction of sp³-hybridized carbons (Fsp3) is 0.316. The molecule has 0 saturated carbocycles. The van der Waals surface area contributed by atoms with E-state index in [1.165, 1.54) is 6.20 Å². The lowest BCUT2D eigenvalue weighted by atomic mass is 10.1. The van der Waals surface area contributed by atoms with Crippen LogP contribution in [0.15, 0.2) is 24.4 Å². The summed E-state index contributed by atoms with van der Waals surface area (Å²) < 4.78 is 11.5. The number of hydrogen-bond donors (Lipinski definition) is 1. The first kappa shape index (κ1) is 17.0. The van der Waals surface area contributed by atoms with Gasteiger partial charge in [-0.1, -0.05) is 26.0 Å². The Labute approximate surface area is 146 Å². The summed E-state index contributed by atoms with van der Waals surface area (Å²) in [5.41, 5.74) is 1.53. The van der Waals surface area contributed by atoms with Crippen LogP contribution in [0.4, 0.5) is 0 Å². The lowest BCUT2D eigenvalue weighted by molar-refractivity contribution is 0.0694. The van der Waals surface area contributed by atoms with E-state index in [0.717, 1.165) is 17.7 Å². The van der Waals surface area contributed by atoms with Gasteiger partial charge in [0.2, 0.25) is 0 Å². The van der Waals surface area contributed by atoms with Crippen LogP contribution in [-0.4, -0.2) is 34.3 Å². The first-order valence-electron chi connectivity index (χ1n) is 8.23. The highest BCUT2D eigenvalue weighted by atomic mass is 16.5. The minimum atomic E-state index is -1.02. The van der Waals surface area contributed by atoms with E-state index in [0.29, 0.717) is 30.5 Å². The molecule has 1 aromatic heterocycles. The van der Waals surface area contributed by atoms with Crippen molar-refractivity contribution in [2.24, 2.45) is 0 Å². The third-order valence-electron chi connectivity index (χ3n) is 3.83. The fourth-order valence-electron chi connectivity index (χ4n) is 2.61. The number of fused-ring (bicyclic) bond motifs is 1. The molecule has 0 atom stereocenters. The molecular formula is C19H20N2O4. The van der Waals surface area contributed by atoms with Gasteiger partial charge in [0.25, 0.3) is 0 Å². The summed E-state index contributed by atoms with van der Waals surface area (Å²) in [7, 11) is 0. The van der Waals surface area contributed by atoms with E-state index in [-0.39, 0.29) is 11.5 Å². The molecule has 0 saturated heterocycles. The van der Waals surface area contributed by atoms with Crippen LogP contribution in [0, 0.1) is 0 Å². The SMILES string of the molecule is CC(C)c1nc(/C=C/c2cccc3c2OCCCO3)ncc1C(=O)O. The van der Waals surface area contributed by atoms with E-state index >= 15 is 0 Å². The molecule has 25 heavy (non-hydrogen) atoms. The van der Waals surface area contributed by atoms with Gasteiger partial charge in [-0.05, 0) is 24.1 Å². The molecule has 0 radical (unpaired) electrons. The predicted octanol–water partition coefficient (Wildman–Crippen LogP) is 3.63. The van der Waals surface area contributed by atoms with E-state index in [1.54, 1.807) is 6.08 Å². The lowest BCUT2D eigenvalue weighted by Crippen LogP contribution is -2.08. The molecule has 1 aromatic carbocycles. The summed E-state index contributed by atoms with van der Waals surface area (Å²) in [5.74, 6) is 0.872. The second-order valence-corrected chi connectivity index (χ2v) is 6.05. The molecule has 6 heteroatoms. The van der Waals surface area contributed by atoms with E-state index in [1.807, 2.05) is 38.1 Å². The summed E-state index contributed by atoms with van der Waals surface area (Å²) in [4.78, 5) is 19.8. The quantitative estimate of drug-likeness (QED) is 0.915. The van der Waals surface area contributed by atoms with E-state index in [2.05, 4.69) is 9.97 Å². The van der Waals surface area contributed by atoms with Gasteiger partial charge < -0.3 is 14.6 Å². The van der Waals surface area contributed by atoms with Crippen LogP contribution < -0.4 is 9.47 Å². The Morgan fingerprint density at radius 3 is 2.80 bits per heavy atom. The van der Waals surface area contributed by atoms with Crippen molar-refractivity contribution < 1.29 is 19.4 Å². The normalized spacial score (nSPS) is 13.9. The number of benzene rings is 1. The molecular weight excluding hydrogens is 320 g/mol. The maximum atomic E-state index is 11.3. The second-order valence-electron chi connectivity index (χ2n) is 6.05. The maximum Gasteiger partial charge on any atom is 0.339 e. The smallest absolute Gasteiger partial charge is 0.339 e. The summed E-state index contributed by atoms with van der Waals surface area (Å²) in [6.07, 6.45) is 5.81. The highest BCUT2D eigenvalue weighted by Crippen LogP contribution is 2.34. The van der Waals surface area contributed by atoms with Crippen molar-refractivity contribution >= 4 is 18.1 Å². The number of aromatic nitrogens is 2. The van der Waals surface area contributed by atoms with Crippen molar-refractivity contribution in [2.45, 2.75) is 26.2 Å². The number of carbonyl (C=O) groups is 1. The number of rotatable bonds is 4. The number of ether oxygens (including phenoxy) is 2. The Morgan fingerprint density at radius 1 is 1.24 bits per heavy atom. The van der Waals surface area contributed by atoms with Gasteiger partial charge in [0, 0.05) is 18.2 Å². The molecule has 2 aromatic rings. The standard InChI is InChI=1S/C19H20N2O4/c1-12(2)17-14(19(22)23)11-20-16(21-17)8-7-13-5-3-6-15-18(13)25-10-4-9-24-15/h3,5-8,11-12H,4,9-10H2,1-2H3,(H,22,23)/b8-7+. The number of aromatic carboxylic acids is 1. The minimum Gasteiger partial charge on any atom is -0.490 e. The Hall–Kier alpha value is -2.89. The van der Waals surface area contributed by atoms with Gasteiger partial charge in [0.15, 0.2) is 17.3 Å². The number of hydrogen-bond acceptors (Lipinski definition) is 5. The number of carboxylic acids is 1. The molecule has 3 rings (SSSR count). The fourth-order valence-corrected chi connectivity index (χ4v) is 2.61. The van der Waals surface area contributed by atoms with Crippen LogP contribution in [0.25, 0.3) is 12.2 Å². The van der Waals surface area contributed by atoms with Gasteiger partial charge in [-0.3, -0.25) is 0 Å². The minimum absolute atomic E-state index is 0.00835. The Bertz CT molecular complexity index is 815. The monoisotopic (exact) mass is 340 g/mol.